The van der Waals surface area contributed by atoms with Crippen molar-refractivity contribution in [3.63, 3.8) is 0 Å². The number of rotatable bonds is 5. The number of epoxide rings is 1. The number of nitrogens with one attached hydrogen (secondary N) is 2. The molecule has 0 saturated carbocycles. The molecule has 3 amide bonds. The van der Waals surface area contributed by atoms with Gasteiger partial charge in [-0.3, -0.25) is 14.9 Å². The number of benzene rings is 1. The maximum atomic E-state index is 14.0. The van der Waals surface area contributed by atoms with Gasteiger partial charge >= 0.3 is 12.1 Å². The van der Waals surface area contributed by atoms with E-state index in [4.69, 9.17) is 25.8 Å². The molecule has 270 valence electrons. The Kier molecular flexibility index (Phi) is 11.6. The van der Waals surface area contributed by atoms with Crippen molar-refractivity contribution in [2.75, 3.05) is 26.0 Å². The molecule has 2 fully saturated rings. The highest BCUT2D eigenvalue weighted by molar-refractivity contribution is 6.34. The monoisotopic (exact) mass is 702 g/mol. The Balaban J connectivity index is 1.74. The summed E-state index contributed by atoms with van der Waals surface area (Å²) in [5.74, 6) is -2.30. The second kappa shape index (κ2) is 14.8. The number of amides is 3. The van der Waals surface area contributed by atoms with Crippen molar-refractivity contribution in [2.45, 2.75) is 109 Å². The number of halogens is 1. The third kappa shape index (κ3) is 8.14. The summed E-state index contributed by atoms with van der Waals surface area (Å²) in [7, 11) is 4.79. The van der Waals surface area contributed by atoms with E-state index in [9.17, 15) is 24.3 Å². The first-order valence-corrected chi connectivity index (χ1v) is 17.1. The first kappa shape index (κ1) is 38.4. The van der Waals surface area contributed by atoms with Gasteiger partial charge in [0.2, 0.25) is 11.8 Å². The molecule has 13 heteroatoms. The number of esters is 1. The SMILES string of the molecule is CNC(C)C(=O)N(C)C(C)C(=O)OC1CC(=O)N(C)c2cc(cc(C)c2Cl)C/C(C)=C/C=C/C(C)C2(O)CC(OC(=O)N2)C(C)C2OC12C. The van der Waals surface area contributed by atoms with Crippen LogP contribution in [0, 0.1) is 18.8 Å². The average molecular weight is 703 g/mol. The van der Waals surface area contributed by atoms with Crippen LogP contribution in [0.4, 0.5) is 10.5 Å². The lowest BCUT2D eigenvalue weighted by atomic mass is 9.82. The molecule has 3 N–H and O–H groups in total. The van der Waals surface area contributed by atoms with Crippen LogP contribution in [0.1, 0.15) is 65.5 Å². The van der Waals surface area contributed by atoms with E-state index in [1.807, 2.05) is 58.1 Å². The van der Waals surface area contributed by atoms with Crippen LogP contribution in [0.5, 0.6) is 0 Å². The summed E-state index contributed by atoms with van der Waals surface area (Å²) in [5, 5.41) is 17.5. The molecular formula is C36H51ClN4O8. The second-order valence-corrected chi connectivity index (χ2v) is 14.5. The lowest BCUT2D eigenvalue weighted by molar-refractivity contribution is -0.162. The molecule has 2 saturated heterocycles. The first-order valence-electron chi connectivity index (χ1n) is 16.8. The Hall–Kier alpha value is -3.45. The van der Waals surface area contributed by atoms with Crippen LogP contribution in [0.15, 0.2) is 35.9 Å². The fourth-order valence-corrected chi connectivity index (χ4v) is 6.80. The van der Waals surface area contributed by atoms with Crippen molar-refractivity contribution in [1.82, 2.24) is 15.5 Å². The van der Waals surface area contributed by atoms with Crippen molar-refractivity contribution in [3.05, 3.63) is 52.1 Å². The molecule has 9 unspecified atom stereocenters. The van der Waals surface area contributed by atoms with E-state index in [0.29, 0.717) is 17.1 Å². The molecule has 4 bridgehead atoms. The van der Waals surface area contributed by atoms with Crippen LogP contribution in [-0.2, 0) is 35.0 Å². The number of nitrogens with zero attached hydrogens (tertiary/aromatic N) is 2. The van der Waals surface area contributed by atoms with Crippen molar-refractivity contribution in [2.24, 2.45) is 11.8 Å². The molecule has 3 aliphatic rings. The molecule has 3 aliphatic heterocycles. The molecule has 4 rings (SSSR count). The number of ether oxygens (including phenoxy) is 3. The standard InChI is InChI=1S/C36H51ClN4O8/c1-19-12-11-13-21(3)36(46)18-27(47-34(45)39-36)22(4)31-35(7,49-31)28(48-33(44)24(6)40(9)32(43)23(5)38-8)17-29(42)41(10)26-16-25(14-19)15-20(2)30(26)37/h11-13,15-16,21-24,27-28,31,38,46H,14,17-18H2,1-10H3,(H,39,45)/b13-11+,19-12+. The Bertz CT molecular complexity index is 1530. The van der Waals surface area contributed by atoms with E-state index in [1.165, 1.54) is 16.8 Å². The van der Waals surface area contributed by atoms with Crippen LogP contribution in [-0.4, -0.2) is 96.7 Å². The van der Waals surface area contributed by atoms with Crippen LogP contribution < -0.4 is 15.5 Å². The van der Waals surface area contributed by atoms with Crippen molar-refractivity contribution >= 4 is 41.2 Å². The molecule has 12 nitrogen and oxygen atoms in total. The Morgan fingerprint density at radius 1 is 1.22 bits per heavy atom. The molecular weight excluding hydrogens is 652 g/mol. The number of likely N-dealkylation sites (N-methyl/N-ethyl adjacent to an activating group) is 2. The van der Waals surface area contributed by atoms with Gasteiger partial charge in [0.25, 0.3) is 0 Å². The first-order chi connectivity index (χ1) is 22.8. The number of carbonyl (C=O) groups excluding carboxylic acids is 4. The van der Waals surface area contributed by atoms with Gasteiger partial charge in [-0.1, -0.05) is 55.3 Å². The van der Waals surface area contributed by atoms with Gasteiger partial charge in [-0.15, -0.1) is 0 Å². The molecule has 0 spiro atoms. The van der Waals surface area contributed by atoms with Crippen LogP contribution in [0.2, 0.25) is 5.02 Å². The summed E-state index contributed by atoms with van der Waals surface area (Å²) in [6.07, 6.45) is 2.85. The van der Waals surface area contributed by atoms with Gasteiger partial charge in [0.15, 0.2) is 0 Å². The van der Waals surface area contributed by atoms with Gasteiger partial charge in [-0.2, -0.15) is 0 Å². The minimum atomic E-state index is -1.59. The maximum absolute atomic E-state index is 14.0. The smallest absolute Gasteiger partial charge is 0.409 e. The van der Waals surface area contributed by atoms with E-state index >= 15 is 0 Å². The zero-order valence-corrected chi connectivity index (χ0v) is 30.9. The lowest BCUT2D eigenvalue weighted by Crippen LogP contribution is -2.60. The molecule has 49 heavy (non-hydrogen) atoms. The van der Waals surface area contributed by atoms with Gasteiger partial charge in [0, 0.05) is 32.4 Å². The number of hydrogen-bond donors (Lipinski definition) is 3. The summed E-state index contributed by atoms with van der Waals surface area (Å²) in [5.41, 5.74) is 0.532. The number of carbonyl (C=O) groups is 4. The second-order valence-electron chi connectivity index (χ2n) is 14.1. The third-order valence-electron chi connectivity index (χ3n) is 10.4. The molecule has 0 aliphatic carbocycles. The lowest BCUT2D eigenvalue weighted by Gasteiger charge is -2.41. The molecule has 1 aromatic carbocycles. The van der Waals surface area contributed by atoms with Crippen molar-refractivity contribution in [3.8, 4) is 0 Å². The molecule has 0 aromatic heterocycles. The molecule has 1 aromatic rings. The minimum absolute atomic E-state index is 0.0768. The van der Waals surface area contributed by atoms with Gasteiger partial charge < -0.3 is 34.4 Å². The average Bonchev–Trinajstić information content (AvgIpc) is 3.74. The highest BCUT2D eigenvalue weighted by Gasteiger charge is 2.64. The van der Waals surface area contributed by atoms with Crippen LogP contribution in [0.3, 0.4) is 0 Å². The number of allylic oxidation sites excluding steroid dienone is 3. The quantitative estimate of drug-likeness (QED) is 0.305. The van der Waals surface area contributed by atoms with E-state index in [0.717, 1.165) is 16.7 Å². The maximum Gasteiger partial charge on any atom is 0.409 e. The van der Waals surface area contributed by atoms with Crippen molar-refractivity contribution < 1.29 is 38.5 Å². The Labute approximate surface area is 294 Å². The predicted octanol–water partition coefficient (Wildman–Crippen LogP) is 4.04. The number of anilines is 1. The van der Waals surface area contributed by atoms with E-state index in [-0.39, 0.29) is 24.7 Å². The number of fused-ring (bicyclic) bond motifs is 5. The number of alkyl carbamates (subject to hydrolysis) is 1. The zero-order chi connectivity index (χ0) is 36.6. The topological polar surface area (TPSA) is 150 Å². The van der Waals surface area contributed by atoms with Gasteiger partial charge in [0.1, 0.15) is 29.6 Å². The largest absolute Gasteiger partial charge is 0.457 e. The zero-order valence-electron chi connectivity index (χ0n) is 30.1. The van der Waals surface area contributed by atoms with Crippen LogP contribution >= 0.6 is 11.6 Å². The summed E-state index contributed by atoms with van der Waals surface area (Å²) < 4.78 is 18.0. The van der Waals surface area contributed by atoms with Gasteiger partial charge in [0.05, 0.1) is 29.3 Å². The van der Waals surface area contributed by atoms with E-state index in [1.54, 1.807) is 34.9 Å². The number of aliphatic hydroxyl groups is 1. The minimum Gasteiger partial charge on any atom is -0.457 e. The number of hydrogen-bond acceptors (Lipinski definition) is 9. The normalized spacial score (nSPS) is 33.5. The van der Waals surface area contributed by atoms with E-state index in [2.05, 4.69) is 10.6 Å². The molecule has 3 heterocycles. The van der Waals surface area contributed by atoms with Gasteiger partial charge in [-0.05, 0) is 65.3 Å². The Morgan fingerprint density at radius 3 is 2.55 bits per heavy atom. The van der Waals surface area contributed by atoms with Crippen molar-refractivity contribution in [1.29, 1.82) is 0 Å². The Morgan fingerprint density at radius 2 is 1.90 bits per heavy atom. The van der Waals surface area contributed by atoms with E-state index < -0.39 is 65.6 Å². The summed E-state index contributed by atoms with van der Waals surface area (Å²) in [6, 6.07) is 2.35. The van der Waals surface area contributed by atoms with Crippen LogP contribution in [0.25, 0.3) is 0 Å². The fourth-order valence-electron chi connectivity index (χ4n) is 6.56. The van der Waals surface area contributed by atoms with Gasteiger partial charge in [-0.25, -0.2) is 9.59 Å². The fraction of sp³-hybridized carbons (Fsp3) is 0.611. The molecule has 9 atom stereocenters. The highest BCUT2D eigenvalue weighted by atomic mass is 35.5. The summed E-state index contributed by atoms with van der Waals surface area (Å²) in [4.78, 5) is 56.0. The molecule has 0 radical (unpaired) electrons. The summed E-state index contributed by atoms with van der Waals surface area (Å²) >= 11 is 6.75. The predicted molar refractivity (Wildman–Crippen MR) is 186 cm³/mol. The number of aryl methyl sites for hydroxylation is 1. The highest BCUT2D eigenvalue weighted by Crippen LogP contribution is 2.49. The summed E-state index contributed by atoms with van der Waals surface area (Å²) in [6.45, 7) is 12.5. The third-order valence-corrected chi connectivity index (χ3v) is 10.9.